The van der Waals surface area contributed by atoms with Crippen molar-refractivity contribution in [3.05, 3.63) is 28.2 Å². The van der Waals surface area contributed by atoms with Crippen molar-refractivity contribution in [1.29, 1.82) is 0 Å². The van der Waals surface area contributed by atoms with Crippen LogP contribution in [0.1, 0.15) is 27.7 Å². The Morgan fingerprint density at radius 2 is 1.85 bits per heavy atom. The molecule has 0 N–H and O–H groups in total. The van der Waals surface area contributed by atoms with E-state index in [1.54, 1.807) is 27.7 Å². The number of carbonyl (C=O) groups excluding carboxylic acids is 1. The molecule has 1 amide bonds. The van der Waals surface area contributed by atoms with Crippen LogP contribution in [0.2, 0.25) is 0 Å². The Hall–Kier alpha value is -1.26. The predicted molar refractivity (Wildman–Crippen MR) is 95.2 cm³/mol. The van der Waals surface area contributed by atoms with Crippen LogP contribution in [0.15, 0.2) is 21.5 Å². The van der Waals surface area contributed by atoms with Crippen molar-refractivity contribution in [2.24, 2.45) is 0 Å². The van der Waals surface area contributed by atoms with Gasteiger partial charge in [0.1, 0.15) is 22.1 Å². The van der Waals surface area contributed by atoms with Crippen LogP contribution >= 0.6 is 15.9 Å². The molecule has 1 heterocycles. The molecule has 0 spiro atoms. The second kappa shape index (κ2) is 7.40. The standard InChI is InChI=1S/C16H21BrF2N2O4S/c1-10-9-20(15(22)25-16(2,3)4)5-6-21(10)26(23,24)14-7-11(17)12(18)8-13(14)19/h7-8,10H,5-6,9H2,1-4H3/t10-/m1/s1. The monoisotopic (exact) mass is 454 g/mol. The fourth-order valence-electron chi connectivity index (χ4n) is 2.62. The summed E-state index contributed by atoms with van der Waals surface area (Å²) in [5, 5.41) is 0. The summed E-state index contributed by atoms with van der Waals surface area (Å²) < 4.78 is 59.3. The normalized spacial score (nSPS) is 19.5. The maximum atomic E-state index is 14.0. The zero-order valence-corrected chi connectivity index (χ0v) is 17.3. The van der Waals surface area contributed by atoms with Crippen LogP contribution in [-0.4, -0.2) is 55.0 Å². The Morgan fingerprint density at radius 3 is 2.38 bits per heavy atom. The lowest BCUT2D eigenvalue weighted by Gasteiger charge is -2.39. The molecule has 1 aliphatic rings. The summed E-state index contributed by atoms with van der Waals surface area (Å²) in [4.78, 5) is 13.0. The second-order valence-corrected chi connectivity index (χ2v) is 9.80. The fourth-order valence-corrected chi connectivity index (χ4v) is 4.80. The minimum Gasteiger partial charge on any atom is -0.444 e. The van der Waals surface area contributed by atoms with E-state index < -0.39 is 44.3 Å². The van der Waals surface area contributed by atoms with Crippen molar-refractivity contribution in [3.63, 3.8) is 0 Å². The summed E-state index contributed by atoms with van der Waals surface area (Å²) in [7, 11) is -4.18. The first-order chi connectivity index (χ1) is 11.8. The Balaban J connectivity index is 2.21. The van der Waals surface area contributed by atoms with Gasteiger partial charge in [-0.05, 0) is 49.7 Å². The number of ether oxygens (including phenoxy) is 1. The van der Waals surface area contributed by atoms with Crippen molar-refractivity contribution in [2.75, 3.05) is 19.6 Å². The summed E-state index contributed by atoms with van der Waals surface area (Å²) in [5.74, 6) is -2.04. The molecule has 1 aliphatic heterocycles. The van der Waals surface area contributed by atoms with Crippen LogP contribution in [0, 0.1) is 11.6 Å². The summed E-state index contributed by atoms with van der Waals surface area (Å²) >= 11 is 2.87. The molecule has 1 aromatic rings. The highest BCUT2D eigenvalue weighted by Crippen LogP contribution is 2.28. The van der Waals surface area contributed by atoms with Gasteiger partial charge in [0, 0.05) is 31.7 Å². The van der Waals surface area contributed by atoms with Crippen molar-refractivity contribution in [3.8, 4) is 0 Å². The quantitative estimate of drug-likeness (QED) is 0.642. The van der Waals surface area contributed by atoms with E-state index in [2.05, 4.69) is 15.9 Å². The van der Waals surface area contributed by atoms with Gasteiger partial charge in [-0.15, -0.1) is 0 Å². The largest absolute Gasteiger partial charge is 0.444 e. The van der Waals surface area contributed by atoms with E-state index >= 15 is 0 Å². The average Bonchev–Trinajstić information content (AvgIpc) is 2.48. The predicted octanol–water partition coefficient (Wildman–Crippen LogP) is 3.36. The maximum absolute atomic E-state index is 14.0. The van der Waals surface area contributed by atoms with E-state index in [-0.39, 0.29) is 24.1 Å². The number of amides is 1. The van der Waals surface area contributed by atoms with Crippen LogP contribution < -0.4 is 0 Å². The average molecular weight is 455 g/mol. The lowest BCUT2D eigenvalue weighted by Crippen LogP contribution is -2.56. The molecule has 0 bridgehead atoms. The first kappa shape index (κ1) is 21.0. The third kappa shape index (κ3) is 4.52. The Labute approximate surface area is 160 Å². The molecule has 2 rings (SSSR count). The highest BCUT2D eigenvalue weighted by molar-refractivity contribution is 9.10. The number of sulfonamides is 1. The molecular formula is C16H21BrF2N2O4S. The summed E-state index contributed by atoms with van der Waals surface area (Å²) in [5.41, 5.74) is -0.660. The zero-order chi connectivity index (χ0) is 19.9. The second-order valence-electron chi connectivity index (χ2n) is 7.09. The summed E-state index contributed by atoms with van der Waals surface area (Å²) in [6.45, 7) is 7.04. The van der Waals surface area contributed by atoms with Gasteiger partial charge in [0.05, 0.1) is 4.47 Å². The molecular weight excluding hydrogens is 434 g/mol. The number of benzene rings is 1. The number of piperazine rings is 1. The van der Waals surface area contributed by atoms with Gasteiger partial charge in [-0.2, -0.15) is 4.31 Å². The van der Waals surface area contributed by atoms with Crippen molar-refractivity contribution < 1.29 is 26.7 Å². The van der Waals surface area contributed by atoms with Gasteiger partial charge >= 0.3 is 6.09 Å². The number of halogens is 3. The molecule has 0 unspecified atom stereocenters. The lowest BCUT2D eigenvalue weighted by molar-refractivity contribution is 0.0143. The van der Waals surface area contributed by atoms with E-state index in [9.17, 15) is 22.0 Å². The minimum absolute atomic E-state index is 0.0167. The van der Waals surface area contributed by atoms with Crippen molar-refractivity contribution >= 4 is 32.0 Å². The molecule has 0 aromatic heterocycles. The first-order valence-corrected chi connectivity index (χ1v) is 10.2. The molecule has 26 heavy (non-hydrogen) atoms. The molecule has 0 aliphatic carbocycles. The molecule has 0 saturated carbocycles. The molecule has 146 valence electrons. The molecule has 1 fully saturated rings. The van der Waals surface area contributed by atoms with Crippen LogP contribution in [0.3, 0.4) is 0 Å². The number of carbonyl (C=O) groups is 1. The SMILES string of the molecule is C[C@@H]1CN(C(=O)OC(C)(C)C)CCN1S(=O)(=O)c1cc(Br)c(F)cc1F. The molecule has 1 saturated heterocycles. The third-order valence-electron chi connectivity index (χ3n) is 3.78. The van der Waals surface area contributed by atoms with Gasteiger partial charge in [-0.25, -0.2) is 22.0 Å². The third-order valence-corrected chi connectivity index (χ3v) is 6.42. The Kier molecular flexibility index (Phi) is 5.99. The van der Waals surface area contributed by atoms with E-state index in [0.717, 1.165) is 10.4 Å². The van der Waals surface area contributed by atoms with E-state index in [0.29, 0.717) is 6.07 Å². The smallest absolute Gasteiger partial charge is 0.410 e. The van der Waals surface area contributed by atoms with Gasteiger partial charge in [0.15, 0.2) is 0 Å². The van der Waals surface area contributed by atoms with E-state index in [1.165, 1.54) is 4.90 Å². The summed E-state index contributed by atoms with van der Waals surface area (Å²) in [6, 6.07) is 0.843. The Morgan fingerprint density at radius 1 is 1.23 bits per heavy atom. The van der Waals surface area contributed by atoms with E-state index in [4.69, 9.17) is 4.74 Å². The fraction of sp³-hybridized carbons (Fsp3) is 0.562. The number of hydrogen-bond donors (Lipinski definition) is 0. The van der Waals surface area contributed by atoms with E-state index in [1.807, 2.05) is 0 Å². The van der Waals surface area contributed by atoms with Gasteiger partial charge in [0.2, 0.25) is 10.0 Å². The van der Waals surface area contributed by atoms with Gasteiger partial charge in [-0.3, -0.25) is 0 Å². The van der Waals surface area contributed by atoms with Crippen molar-refractivity contribution in [2.45, 2.75) is 44.2 Å². The topological polar surface area (TPSA) is 66.9 Å². The maximum Gasteiger partial charge on any atom is 0.410 e. The van der Waals surface area contributed by atoms with Gasteiger partial charge in [-0.1, -0.05) is 0 Å². The van der Waals surface area contributed by atoms with Crippen LogP contribution in [0.4, 0.5) is 13.6 Å². The van der Waals surface area contributed by atoms with Gasteiger partial charge < -0.3 is 9.64 Å². The Bertz CT molecular complexity index is 811. The number of rotatable bonds is 2. The highest BCUT2D eigenvalue weighted by Gasteiger charge is 2.38. The molecule has 6 nitrogen and oxygen atoms in total. The highest BCUT2D eigenvalue weighted by atomic mass is 79.9. The zero-order valence-electron chi connectivity index (χ0n) is 14.9. The first-order valence-electron chi connectivity index (χ1n) is 7.97. The van der Waals surface area contributed by atoms with Crippen LogP contribution in [0.5, 0.6) is 0 Å². The minimum atomic E-state index is -4.18. The van der Waals surface area contributed by atoms with Gasteiger partial charge in [0.25, 0.3) is 0 Å². The van der Waals surface area contributed by atoms with Crippen LogP contribution in [-0.2, 0) is 14.8 Å². The molecule has 10 heteroatoms. The molecule has 1 aromatic carbocycles. The van der Waals surface area contributed by atoms with Crippen LogP contribution in [0.25, 0.3) is 0 Å². The lowest BCUT2D eigenvalue weighted by atomic mass is 10.2. The molecule has 1 atom stereocenters. The molecule has 0 radical (unpaired) electrons. The number of nitrogens with zero attached hydrogens (tertiary/aromatic N) is 2. The summed E-state index contributed by atoms with van der Waals surface area (Å²) in [6.07, 6.45) is -0.530. The van der Waals surface area contributed by atoms with Crippen molar-refractivity contribution in [1.82, 2.24) is 9.21 Å². The number of hydrogen-bond acceptors (Lipinski definition) is 4.